The molecular weight excluding hydrogens is 538 g/mol. The molecule has 0 aliphatic rings. The molecule has 6 rings (SSSR count). The Balaban J connectivity index is 1.47. The predicted octanol–water partition coefficient (Wildman–Crippen LogP) is 7.94. The highest BCUT2D eigenvalue weighted by Crippen LogP contribution is 2.41. The number of nitrogens with one attached hydrogen (secondary N) is 1. The molecule has 0 amide bonds. The number of hydrogen-bond donors (Lipinski definition) is 2. The Morgan fingerprint density at radius 3 is 0.977 bits per heavy atom. The van der Waals surface area contributed by atoms with Crippen molar-refractivity contribution in [2.24, 2.45) is 0 Å². The van der Waals surface area contributed by atoms with E-state index in [1.807, 2.05) is 72.8 Å². The first kappa shape index (κ1) is 29.3. The molecule has 44 heavy (non-hydrogen) atoms. The van der Waals surface area contributed by atoms with Crippen molar-refractivity contribution < 1.29 is 9.84 Å². The molecule has 6 aromatic rings. The van der Waals surface area contributed by atoms with Crippen LogP contribution in [0.4, 0.5) is 0 Å². The molecule has 0 saturated carbocycles. The molecule has 0 spiro atoms. The molecule has 0 unspecified atom stereocenters. The maximum Gasteiger partial charge on any atom is 0.143 e. The minimum atomic E-state index is -0.895. The number of rotatable bonds is 12. The van der Waals surface area contributed by atoms with E-state index in [1.54, 1.807) is 0 Å². The van der Waals surface area contributed by atoms with Gasteiger partial charge in [0, 0.05) is 0 Å². The summed E-state index contributed by atoms with van der Waals surface area (Å²) in [5.41, 5.74) is 4.67. The number of aliphatic hydroxyl groups excluding tert-OH is 1. The summed E-state index contributed by atoms with van der Waals surface area (Å²) >= 11 is 0. The SMILES string of the molecule is OC[C@H](COC(c1ccccc1)(c1ccccc1)c1ccccc1)NC(c1ccccc1)(c1ccccc1)c1ccccc1. The third kappa shape index (κ3) is 5.73. The van der Waals surface area contributed by atoms with Crippen molar-refractivity contribution in [1.29, 1.82) is 0 Å². The van der Waals surface area contributed by atoms with Gasteiger partial charge in [-0.05, 0) is 33.4 Å². The largest absolute Gasteiger partial charge is 0.395 e. The van der Waals surface area contributed by atoms with Crippen LogP contribution in [0.1, 0.15) is 33.4 Å². The minimum absolute atomic E-state index is 0.122. The fourth-order valence-electron chi connectivity index (χ4n) is 6.25. The van der Waals surface area contributed by atoms with Gasteiger partial charge in [0.05, 0.1) is 24.8 Å². The van der Waals surface area contributed by atoms with Crippen LogP contribution in [-0.2, 0) is 15.9 Å². The zero-order valence-corrected chi connectivity index (χ0v) is 24.7. The molecule has 3 nitrogen and oxygen atoms in total. The Bertz CT molecular complexity index is 1500. The third-order valence-electron chi connectivity index (χ3n) is 8.30. The van der Waals surface area contributed by atoms with E-state index in [2.05, 4.69) is 115 Å². The average Bonchev–Trinajstić information content (AvgIpc) is 3.12. The summed E-state index contributed by atoms with van der Waals surface area (Å²) in [6, 6.07) is 62.0. The summed E-state index contributed by atoms with van der Waals surface area (Å²) in [6.07, 6.45) is 0. The van der Waals surface area contributed by atoms with Gasteiger partial charge in [-0.1, -0.05) is 182 Å². The molecule has 0 saturated heterocycles. The van der Waals surface area contributed by atoms with Crippen molar-refractivity contribution in [3.8, 4) is 0 Å². The number of ether oxygens (including phenoxy) is 1. The van der Waals surface area contributed by atoms with Crippen LogP contribution >= 0.6 is 0 Å². The summed E-state index contributed by atoms with van der Waals surface area (Å²) in [5.74, 6) is 0. The molecule has 6 aromatic carbocycles. The van der Waals surface area contributed by atoms with Crippen molar-refractivity contribution in [3.63, 3.8) is 0 Å². The second-order valence-corrected chi connectivity index (χ2v) is 11.0. The molecule has 0 fully saturated rings. The van der Waals surface area contributed by atoms with Gasteiger partial charge in [-0.3, -0.25) is 5.32 Å². The van der Waals surface area contributed by atoms with Crippen molar-refractivity contribution in [1.82, 2.24) is 5.32 Å². The normalized spacial score (nSPS) is 12.5. The van der Waals surface area contributed by atoms with E-state index in [4.69, 9.17) is 4.74 Å². The second-order valence-electron chi connectivity index (χ2n) is 11.0. The van der Waals surface area contributed by atoms with Crippen LogP contribution < -0.4 is 5.32 Å². The zero-order chi connectivity index (χ0) is 30.1. The van der Waals surface area contributed by atoms with Gasteiger partial charge in [0.2, 0.25) is 0 Å². The van der Waals surface area contributed by atoms with Crippen LogP contribution in [0.15, 0.2) is 182 Å². The van der Waals surface area contributed by atoms with Crippen molar-refractivity contribution >= 4 is 0 Å². The van der Waals surface area contributed by atoms with Crippen LogP contribution in [0, 0.1) is 0 Å². The lowest BCUT2D eigenvalue weighted by Crippen LogP contribution is -2.53. The molecule has 218 valence electrons. The van der Waals surface area contributed by atoms with E-state index in [0.29, 0.717) is 0 Å². The van der Waals surface area contributed by atoms with Gasteiger partial charge in [-0.25, -0.2) is 0 Å². The van der Waals surface area contributed by atoms with E-state index in [0.717, 1.165) is 33.4 Å². The first-order valence-corrected chi connectivity index (χ1v) is 15.1. The fraction of sp³-hybridized carbons (Fsp3) is 0.122. The van der Waals surface area contributed by atoms with Crippen molar-refractivity contribution in [2.75, 3.05) is 13.2 Å². The lowest BCUT2D eigenvalue weighted by Gasteiger charge is -2.41. The molecular formula is C41H37NO2. The summed E-state index contributed by atoms with van der Waals surface area (Å²) in [5, 5.41) is 14.9. The molecule has 1 atom stereocenters. The number of aliphatic hydroxyl groups is 1. The summed E-state index contributed by atoms with van der Waals surface area (Å²) in [7, 11) is 0. The van der Waals surface area contributed by atoms with E-state index in [1.165, 1.54) is 0 Å². The Morgan fingerprint density at radius 2 is 0.705 bits per heavy atom. The van der Waals surface area contributed by atoms with Crippen LogP contribution in [-0.4, -0.2) is 24.4 Å². The van der Waals surface area contributed by atoms with Gasteiger partial charge < -0.3 is 9.84 Å². The average molecular weight is 576 g/mol. The Kier molecular flexibility index (Phi) is 9.09. The Labute approximate surface area is 260 Å². The maximum absolute atomic E-state index is 11.0. The van der Waals surface area contributed by atoms with Crippen molar-refractivity contribution in [3.05, 3.63) is 215 Å². The Hall–Kier alpha value is -4.80. The number of benzene rings is 6. The van der Waals surface area contributed by atoms with Gasteiger partial charge in [0.15, 0.2) is 0 Å². The molecule has 0 heterocycles. The van der Waals surface area contributed by atoms with Gasteiger partial charge in [-0.2, -0.15) is 0 Å². The first-order valence-electron chi connectivity index (χ1n) is 15.1. The maximum atomic E-state index is 11.0. The highest BCUT2D eigenvalue weighted by atomic mass is 16.5. The predicted molar refractivity (Wildman–Crippen MR) is 178 cm³/mol. The minimum Gasteiger partial charge on any atom is -0.395 e. The van der Waals surface area contributed by atoms with E-state index in [-0.39, 0.29) is 13.2 Å². The molecule has 3 heteroatoms. The fourth-order valence-corrected chi connectivity index (χ4v) is 6.25. The molecule has 0 bridgehead atoms. The first-order chi connectivity index (χ1) is 21.8. The third-order valence-corrected chi connectivity index (χ3v) is 8.30. The van der Waals surface area contributed by atoms with Gasteiger partial charge >= 0.3 is 0 Å². The number of hydrogen-bond acceptors (Lipinski definition) is 3. The summed E-state index contributed by atoms with van der Waals surface area (Å²) < 4.78 is 7.17. The van der Waals surface area contributed by atoms with Gasteiger partial charge in [0.25, 0.3) is 0 Å². The molecule has 0 radical (unpaired) electrons. The zero-order valence-electron chi connectivity index (χ0n) is 24.7. The highest BCUT2D eigenvalue weighted by Gasteiger charge is 2.41. The quantitative estimate of drug-likeness (QED) is 0.146. The highest BCUT2D eigenvalue weighted by molar-refractivity contribution is 5.50. The second kappa shape index (κ2) is 13.7. The van der Waals surface area contributed by atoms with Crippen LogP contribution in [0.5, 0.6) is 0 Å². The van der Waals surface area contributed by atoms with E-state index in [9.17, 15) is 5.11 Å². The van der Waals surface area contributed by atoms with E-state index < -0.39 is 17.2 Å². The molecule has 0 aromatic heterocycles. The standard InChI is InChI=1S/C41H37NO2/c43-31-39(42-40(33-19-7-1-8-20-33,34-21-9-2-10-22-34)35-23-11-3-12-24-35)32-44-41(36-25-13-4-14-26-36,37-27-15-5-16-28-37)38-29-17-6-18-30-38/h1-30,39,42-43H,31-32H2/t39-/m1/s1. The van der Waals surface area contributed by atoms with Crippen LogP contribution in [0.2, 0.25) is 0 Å². The van der Waals surface area contributed by atoms with E-state index >= 15 is 0 Å². The monoisotopic (exact) mass is 575 g/mol. The Morgan fingerprint density at radius 1 is 0.432 bits per heavy atom. The molecule has 0 aliphatic heterocycles. The molecule has 2 N–H and O–H groups in total. The topological polar surface area (TPSA) is 41.5 Å². The lowest BCUT2D eigenvalue weighted by molar-refractivity contribution is -0.0113. The summed E-state index contributed by atoms with van der Waals surface area (Å²) in [4.78, 5) is 0. The van der Waals surface area contributed by atoms with Crippen molar-refractivity contribution in [2.45, 2.75) is 17.2 Å². The van der Waals surface area contributed by atoms with Gasteiger partial charge in [0.1, 0.15) is 5.60 Å². The molecule has 0 aliphatic carbocycles. The smallest absolute Gasteiger partial charge is 0.143 e. The summed E-state index contributed by atoms with van der Waals surface area (Å²) in [6.45, 7) is 0.117. The van der Waals surface area contributed by atoms with Crippen LogP contribution in [0.3, 0.4) is 0 Å². The lowest BCUT2D eigenvalue weighted by atomic mass is 9.76. The van der Waals surface area contributed by atoms with Crippen LogP contribution in [0.25, 0.3) is 0 Å². The van der Waals surface area contributed by atoms with Gasteiger partial charge in [-0.15, -0.1) is 0 Å².